The predicted octanol–water partition coefficient (Wildman–Crippen LogP) is 2.96. The lowest BCUT2D eigenvalue weighted by Crippen LogP contribution is -2.54. The van der Waals surface area contributed by atoms with Gasteiger partial charge in [0.05, 0.1) is 0 Å². The number of hydrogen-bond donors (Lipinski definition) is 2. The first-order valence-electron chi connectivity index (χ1n) is 10.1. The molecule has 1 aliphatic heterocycles. The molecule has 1 saturated heterocycles. The fraction of sp³-hybridized carbons (Fsp3) is 0.850. The number of urea groups is 1. The third kappa shape index (κ3) is 4.04. The van der Waals surface area contributed by atoms with Crippen molar-refractivity contribution in [1.29, 1.82) is 0 Å². The van der Waals surface area contributed by atoms with Crippen LogP contribution in [-0.4, -0.2) is 40.9 Å². The molecule has 0 radical (unpaired) electrons. The van der Waals surface area contributed by atoms with E-state index in [1.165, 1.54) is 12.8 Å². The maximum Gasteiger partial charge on any atom is 0.325 e. The molecule has 1 heterocycles. The third-order valence-electron chi connectivity index (χ3n) is 6.15. The lowest BCUT2D eigenvalue weighted by molar-refractivity contribution is -0.137. The zero-order valence-corrected chi connectivity index (χ0v) is 16.4. The van der Waals surface area contributed by atoms with Crippen LogP contribution in [0, 0.1) is 11.3 Å². The van der Waals surface area contributed by atoms with Gasteiger partial charge in [0.15, 0.2) is 0 Å². The van der Waals surface area contributed by atoms with Crippen molar-refractivity contribution in [3.05, 3.63) is 0 Å². The Kier molecular flexibility index (Phi) is 5.31. The van der Waals surface area contributed by atoms with Crippen molar-refractivity contribution in [2.75, 3.05) is 6.54 Å². The molecular weight excluding hydrogens is 330 g/mol. The number of nitrogens with zero attached hydrogens (tertiary/aromatic N) is 1. The molecule has 4 amide bonds. The Morgan fingerprint density at radius 1 is 1.15 bits per heavy atom. The zero-order valence-electron chi connectivity index (χ0n) is 16.4. The van der Waals surface area contributed by atoms with Gasteiger partial charge in [-0.25, -0.2) is 4.79 Å². The summed E-state index contributed by atoms with van der Waals surface area (Å²) in [5.41, 5.74) is -0.833. The SMILES string of the molecule is C[C@H]1CC(C)(C)C[C@@]2(C1)NC(=O)N(CC(=O)NC1CCCCCC1)C2=O. The van der Waals surface area contributed by atoms with E-state index in [4.69, 9.17) is 0 Å². The van der Waals surface area contributed by atoms with E-state index in [9.17, 15) is 14.4 Å². The molecule has 146 valence electrons. The first kappa shape index (κ1) is 19.2. The fourth-order valence-electron chi connectivity index (χ4n) is 5.49. The van der Waals surface area contributed by atoms with Gasteiger partial charge in [0.1, 0.15) is 12.1 Å². The summed E-state index contributed by atoms with van der Waals surface area (Å²) in [5, 5.41) is 5.96. The molecule has 2 atom stereocenters. The molecule has 2 N–H and O–H groups in total. The van der Waals surface area contributed by atoms with Crippen molar-refractivity contribution in [3.8, 4) is 0 Å². The lowest BCUT2D eigenvalue weighted by Gasteiger charge is -2.43. The molecular formula is C20H33N3O3. The molecule has 2 aliphatic carbocycles. The normalized spacial score (nSPS) is 32.4. The Bertz CT molecular complexity index is 581. The largest absolute Gasteiger partial charge is 0.352 e. The second-order valence-corrected chi connectivity index (χ2v) is 9.51. The number of carbonyl (C=O) groups is 3. The van der Waals surface area contributed by atoms with Gasteiger partial charge in [-0.1, -0.05) is 46.5 Å². The van der Waals surface area contributed by atoms with E-state index in [2.05, 4.69) is 31.4 Å². The summed E-state index contributed by atoms with van der Waals surface area (Å²) in [4.78, 5) is 39.1. The first-order valence-corrected chi connectivity index (χ1v) is 10.1. The molecule has 0 aromatic heterocycles. The molecule has 1 spiro atoms. The van der Waals surface area contributed by atoms with Crippen molar-refractivity contribution in [1.82, 2.24) is 15.5 Å². The average molecular weight is 364 g/mol. The number of amides is 4. The molecule has 26 heavy (non-hydrogen) atoms. The van der Waals surface area contributed by atoms with Gasteiger partial charge in [0, 0.05) is 6.04 Å². The highest BCUT2D eigenvalue weighted by molar-refractivity contribution is 6.09. The Balaban J connectivity index is 1.64. The van der Waals surface area contributed by atoms with Gasteiger partial charge in [-0.15, -0.1) is 0 Å². The number of imide groups is 1. The summed E-state index contributed by atoms with van der Waals surface area (Å²) in [5.74, 6) is -0.0820. The maximum atomic E-state index is 13.1. The van der Waals surface area contributed by atoms with Crippen LogP contribution in [0.15, 0.2) is 0 Å². The van der Waals surface area contributed by atoms with Crippen LogP contribution in [0.3, 0.4) is 0 Å². The van der Waals surface area contributed by atoms with Crippen molar-refractivity contribution < 1.29 is 14.4 Å². The Hall–Kier alpha value is -1.59. The highest BCUT2D eigenvalue weighted by Gasteiger charge is 2.56. The number of carbonyl (C=O) groups excluding carboxylic acids is 3. The Morgan fingerprint density at radius 3 is 2.42 bits per heavy atom. The minimum atomic E-state index is -0.832. The van der Waals surface area contributed by atoms with Crippen molar-refractivity contribution in [3.63, 3.8) is 0 Å². The van der Waals surface area contributed by atoms with Crippen molar-refractivity contribution in [2.24, 2.45) is 11.3 Å². The van der Waals surface area contributed by atoms with E-state index >= 15 is 0 Å². The zero-order chi connectivity index (χ0) is 18.9. The monoisotopic (exact) mass is 363 g/mol. The smallest absolute Gasteiger partial charge is 0.325 e. The van der Waals surface area contributed by atoms with Crippen molar-refractivity contribution >= 4 is 17.8 Å². The van der Waals surface area contributed by atoms with Crippen LogP contribution in [-0.2, 0) is 9.59 Å². The topological polar surface area (TPSA) is 78.5 Å². The molecule has 3 rings (SSSR count). The van der Waals surface area contributed by atoms with Crippen LogP contribution in [0.5, 0.6) is 0 Å². The minimum Gasteiger partial charge on any atom is -0.352 e. The maximum absolute atomic E-state index is 13.1. The van der Waals surface area contributed by atoms with E-state index in [0.29, 0.717) is 18.8 Å². The molecule has 3 fully saturated rings. The van der Waals surface area contributed by atoms with Gasteiger partial charge < -0.3 is 10.6 Å². The van der Waals surface area contributed by atoms with Gasteiger partial charge in [-0.05, 0) is 43.4 Å². The number of nitrogens with one attached hydrogen (secondary N) is 2. The average Bonchev–Trinajstić information content (AvgIpc) is 2.72. The molecule has 0 aromatic carbocycles. The Morgan fingerprint density at radius 2 is 1.81 bits per heavy atom. The van der Waals surface area contributed by atoms with Crippen LogP contribution >= 0.6 is 0 Å². The quantitative estimate of drug-likeness (QED) is 0.598. The first-order chi connectivity index (χ1) is 12.2. The molecule has 3 aliphatic rings. The highest BCUT2D eigenvalue weighted by Crippen LogP contribution is 2.46. The van der Waals surface area contributed by atoms with Crippen LogP contribution in [0.4, 0.5) is 4.79 Å². The van der Waals surface area contributed by atoms with Gasteiger partial charge in [0.25, 0.3) is 5.91 Å². The summed E-state index contributed by atoms with van der Waals surface area (Å²) in [7, 11) is 0. The summed E-state index contributed by atoms with van der Waals surface area (Å²) in [6.07, 6.45) is 9.00. The van der Waals surface area contributed by atoms with Crippen molar-refractivity contribution in [2.45, 2.75) is 90.1 Å². The van der Waals surface area contributed by atoms with Gasteiger partial charge in [0.2, 0.25) is 5.91 Å². The highest BCUT2D eigenvalue weighted by atomic mass is 16.2. The van der Waals surface area contributed by atoms with E-state index in [1.807, 2.05) is 0 Å². The molecule has 6 nitrogen and oxygen atoms in total. The van der Waals surface area contributed by atoms with Crippen LogP contribution in [0.1, 0.15) is 78.6 Å². The Labute approximate surface area is 156 Å². The number of hydrogen-bond acceptors (Lipinski definition) is 3. The summed E-state index contributed by atoms with van der Waals surface area (Å²) in [6, 6.07) is -0.246. The van der Waals surface area contributed by atoms with Crippen LogP contribution in [0.2, 0.25) is 0 Å². The van der Waals surface area contributed by atoms with E-state index in [1.54, 1.807) is 0 Å². The van der Waals surface area contributed by atoms with Gasteiger partial charge in [-0.2, -0.15) is 0 Å². The summed E-state index contributed by atoms with van der Waals surface area (Å²) >= 11 is 0. The second kappa shape index (κ2) is 7.20. The molecule has 6 heteroatoms. The number of rotatable bonds is 3. The lowest BCUT2D eigenvalue weighted by atomic mass is 9.64. The second-order valence-electron chi connectivity index (χ2n) is 9.51. The third-order valence-corrected chi connectivity index (χ3v) is 6.15. The molecule has 0 aromatic rings. The van der Waals surface area contributed by atoms with Crippen LogP contribution < -0.4 is 10.6 Å². The van der Waals surface area contributed by atoms with Crippen LogP contribution in [0.25, 0.3) is 0 Å². The summed E-state index contributed by atoms with van der Waals surface area (Å²) in [6.45, 7) is 6.25. The van der Waals surface area contributed by atoms with Gasteiger partial charge >= 0.3 is 6.03 Å². The van der Waals surface area contributed by atoms with E-state index in [-0.39, 0.29) is 29.8 Å². The predicted molar refractivity (Wildman–Crippen MR) is 99.4 cm³/mol. The standard InChI is InChI=1S/C20H33N3O3/c1-14-10-19(2,3)13-20(11-14)17(25)23(18(26)22-20)12-16(24)21-15-8-6-4-5-7-9-15/h14-15H,4-13H2,1-3H3,(H,21,24)(H,22,26)/t14-,20+/m0/s1. The fourth-order valence-corrected chi connectivity index (χ4v) is 5.49. The molecule has 2 saturated carbocycles. The van der Waals surface area contributed by atoms with E-state index < -0.39 is 11.6 Å². The van der Waals surface area contributed by atoms with Gasteiger partial charge in [-0.3, -0.25) is 14.5 Å². The van der Waals surface area contributed by atoms with E-state index in [0.717, 1.165) is 37.0 Å². The molecule has 0 bridgehead atoms. The summed E-state index contributed by atoms with van der Waals surface area (Å²) < 4.78 is 0. The molecule has 0 unspecified atom stereocenters. The minimum absolute atomic E-state index is 0.000771.